The Bertz CT molecular complexity index is 1410. The van der Waals surface area contributed by atoms with Crippen molar-refractivity contribution in [1.29, 1.82) is 0 Å². The molecule has 0 saturated carbocycles. The van der Waals surface area contributed by atoms with E-state index in [1.807, 2.05) is 18.2 Å². The molecule has 2 aliphatic rings. The van der Waals surface area contributed by atoms with E-state index in [4.69, 9.17) is 13.9 Å². The van der Waals surface area contributed by atoms with Gasteiger partial charge >= 0.3 is 5.97 Å². The maximum Gasteiger partial charge on any atom is 0.308 e. The van der Waals surface area contributed by atoms with Crippen LogP contribution in [0.4, 0.5) is 0 Å². The van der Waals surface area contributed by atoms with E-state index >= 15 is 0 Å². The molecular formula is C34H34ClNO4. The number of benzene rings is 3. The van der Waals surface area contributed by atoms with Crippen LogP contribution in [0.2, 0.25) is 0 Å². The molecule has 3 aromatic carbocycles. The molecule has 0 aromatic heterocycles. The van der Waals surface area contributed by atoms with E-state index in [-0.39, 0.29) is 24.3 Å². The molecule has 0 fully saturated rings. The van der Waals surface area contributed by atoms with E-state index < -0.39 is 0 Å². The summed E-state index contributed by atoms with van der Waals surface area (Å²) in [5.41, 5.74) is 6.59. The molecule has 5 nitrogen and oxygen atoms in total. The molecule has 5 rings (SSSR count). The first-order chi connectivity index (χ1) is 19.1. The number of hydrogen-bond donors (Lipinski definition) is 0. The summed E-state index contributed by atoms with van der Waals surface area (Å²) in [6.07, 6.45) is 4.03. The molecule has 40 heavy (non-hydrogen) atoms. The minimum atomic E-state index is -0.326. The van der Waals surface area contributed by atoms with Gasteiger partial charge in [0.05, 0.1) is 19.6 Å². The van der Waals surface area contributed by atoms with E-state index in [1.54, 1.807) is 19.6 Å². The van der Waals surface area contributed by atoms with Gasteiger partial charge in [0.1, 0.15) is 11.5 Å². The van der Waals surface area contributed by atoms with Crippen molar-refractivity contribution in [2.75, 3.05) is 20.2 Å². The van der Waals surface area contributed by atoms with Crippen molar-refractivity contribution in [2.24, 2.45) is 0 Å². The summed E-state index contributed by atoms with van der Waals surface area (Å²) in [6, 6.07) is 33.5. The van der Waals surface area contributed by atoms with Crippen molar-refractivity contribution in [3.8, 4) is 22.6 Å². The molecular weight excluding hydrogens is 522 g/mol. The van der Waals surface area contributed by atoms with Gasteiger partial charge in [-0.15, -0.1) is 12.4 Å². The average molecular weight is 556 g/mol. The smallest absolute Gasteiger partial charge is 0.308 e. The van der Waals surface area contributed by atoms with Gasteiger partial charge in [0.25, 0.3) is 0 Å². The predicted molar refractivity (Wildman–Crippen MR) is 161 cm³/mol. The standard InChI is InChI=1S/C34H33NO4.ClH/c1-25(36)39-34-29(21-30-24-38-20-18-32(30)34)17-19-35(22-26-13-15-31(37-2)16-14-26)23-33(27-9-5-3-6-10-27)28-11-7-4-8-12-28;/h3-16,18,20-21,24,33H,17,19,22-23H2,1-2H3;1H. The van der Waals surface area contributed by atoms with Crippen molar-refractivity contribution >= 4 is 18.4 Å². The van der Waals surface area contributed by atoms with Crippen LogP contribution in [0.3, 0.4) is 0 Å². The Balaban J connectivity index is 0.00000370. The number of ether oxygens (including phenoxy) is 2. The molecule has 0 atom stereocenters. The first-order valence-electron chi connectivity index (χ1n) is 13.2. The summed E-state index contributed by atoms with van der Waals surface area (Å²) >= 11 is 0. The number of nitrogens with zero attached hydrogens (tertiary/aromatic N) is 1. The number of carbonyl (C=O) groups is 1. The van der Waals surface area contributed by atoms with Crippen LogP contribution in [0.25, 0.3) is 11.1 Å². The molecule has 6 heteroatoms. The molecule has 0 radical (unpaired) electrons. The van der Waals surface area contributed by atoms with Crippen LogP contribution in [-0.2, 0) is 17.8 Å². The fraction of sp³-hybridized carbons (Fsp3) is 0.206. The van der Waals surface area contributed by atoms with Gasteiger partial charge in [0.2, 0.25) is 0 Å². The Hall–Kier alpha value is -4.06. The van der Waals surface area contributed by atoms with Crippen LogP contribution in [0.15, 0.2) is 114 Å². The molecule has 3 aromatic rings. The third-order valence-electron chi connectivity index (χ3n) is 7.04. The molecule has 0 saturated heterocycles. The Labute approximate surface area is 242 Å². The lowest BCUT2D eigenvalue weighted by molar-refractivity contribution is -0.131. The van der Waals surface area contributed by atoms with Gasteiger partial charge in [-0.2, -0.15) is 0 Å². The zero-order valence-electron chi connectivity index (χ0n) is 22.8. The number of carbonyl (C=O) groups excluding carboxylic acids is 1. The zero-order valence-corrected chi connectivity index (χ0v) is 23.6. The monoisotopic (exact) mass is 555 g/mol. The Kier molecular flexibility index (Phi) is 10.0. The lowest BCUT2D eigenvalue weighted by Gasteiger charge is -2.29. The zero-order chi connectivity index (χ0) is 27.0. The molecule has 206 valence electrons. The molecule has 1 aliphatic carbocycles. The second-order valence-corrected chi connectivity index (χ2v) is 9.73. The molecule has 1 aliphatic heterocycles. The van der Waals surface area contributed by atoms with Gasteiger partial charge in [-0.05, 0) is 52.9 Å². The molecule has 1 heterocycles. The predicted octanol–water partition coefficient (Wildman–Crippen LogP) is 7.62. The van der Waals surface area contributed by atoms with Crippen molar-refractivity contribution in [1.82, 2.24) is 4.90 Å². The van der Waals surface area contributed by atoms with Gasteiger partial charge in [-0.25, -0.2) is 0 Å². The Morgan fingerprint density at radius 2 is 1.55 bits per heavy atom. The van der Waals surface area contributed by atoms with Crippen molar-refractivity contribution in [2.45, 2.75) is 25.8 Å². The average Bonchev–Trinajstić information content (AvgIpc) is 3.32. The highest BCUT2D eigenvalue weighted by Gasteiger charge is 2.22. The van der Waals surface area contributed by atoms with Crippen LogP contribution in [-0.4, -0.2) is 31.1 Å². The van der Waals surface area contributed by atoms with Crippen LogP contribution in [0.5, 0.6) is 11.5 Å². The van der Waals surface area contributed by atoms with Gasteiger partial charge in [-0.1, -0.05) is 72.8 Å². The van der Waals surface area contributed by atoms with Crippen molar-refractivity contribution < 1.29 is 18.7 Å². The highest BCUT2D eigenvalue weighted by atomic mass is 35.5. The first-order valence-corrected chi connectivity index (χ1v) is 13.2. The highest BCUT2D eigenvalue weighted by molar-refractivity contribution is 5.85. The van der Waals surface area contributed by atoms with E-state index in [1.165, 1.54) is 23.6 Å². The summed E-state index contributed by atoms with van der Waals surface area (Å²) < 4.78 is 16.4. The van der Waals surface area contributed by atoms with Gasteiger partial charge in [0.15, 0.2) is 0 Å². The fourth-order valence-electron chi connectivity index (χ4n) is 5.11. The number of hydrogen-bond acceptors (Lipinski definition) is 5. The summed E-state index contributed by atoms with van der Waals surface area (Å²) in [7, 11) is 1.68. The van der Waals surface area contributed by atoms with E-state index in [2.05, 4.69) is 83.8 Å². The second-order valence-electron chi connectivity index (χ2n) is 9.73. The maximum absolute atomic E-state index is 11.9. The number of esters is 1. The van der Waals surface area contributed by atoms with Gasteiger partial charge < -0.3 is 13.9 Å². The lowest BCUT2D eigenvalue weighted by atomic mass is 9.90. The SMILES string of the molecule is COc1ccc(CN(CCc2cc3coccc-3c2OC(C)=O)CC(c2ccccc2)c2ccccc2)cc1.Cl. The Morgan fingerprint density at radius 3 is 2.15 bits per heavy atom. The quantitative estimate of drug-likeness (QED) is 0.157. The largest absolute Gasteiger partial charge is 0.497 e. The molecule has 0 amide bonds. The van der Waals surface area contributed by atoms with Crippen LogP contribution >= 0.6 is 12.4 Å². The van der Waals surface area contributed by atoms with Crippen LogP contribution < -0.4 is 9.47 Å². The van der Waals surface area contributed by atoms with E-state index in [0.29, 0.717) is 5.75 Å². The van der Waals surface area contributed by atoms with Crippen LogP contribution in [0, 0.1) is 0 Å². The number of halogens is 1. The van der Waals surface area contributed by atoms with Gasteiger partial charge in [0, 0.05) is 43.6 Å². The summed E-state index contributed by atoms with van der Waals surface area (Å²) in [5, 5.41) is 0. The second kappa shape index (κ2) is 13.8. The molecule has 0 N–H and O–H groups in total. The fourth-order valence-corrected chi connectivity index (χ4v) is 5.11. The van der Waals surface area contributed by atoms with Crippen molar-refractivity contribution in [3.05, 3.63) is 132 Å². The maximum atomic E-state index is 11.9. The van der Waals surface area contributed by atoms with Crippen LogP contribution in [0.1, 0.15) is 35.1 Å². The van der Waals surface area contributed by atoms with Crippen molar-refractivity contribution in [3.63, 3.8) is 0 Å². The highest BCUT2D eigenvalue weighted by Crippen LogP contribution is 2.39. The topological polar surface area (TPSA) is 51.9 Å². The Morgan fingerprint density at radius 1 is 0.900 bits per heavy atom. The summed E-state index contributed by atoms with van der Waals surface area (Å²) in [6.45, 7) is 3.83. The summed E-state index contributed by atoms with van der Waals surface area (Å²) in [4.78, 5) is 14.4. The molecule has 0 bridgehead atoms. The number of rotatable bonds is 11. The minimum Gasteiger partial charge on any atom is -0.497 e. The minimum absolute atomic E-state index is 0. The summed E-state index contributed by atoms with van der Waals surface area (Å²) in [5.74, 6) is 1.35. The molecule has 0 unspecified atom stereocenters. The van der Waals surface area contributed by atoms with E-state index in [0.717, 1.165) is 48.5 Å². The first kappa shape index (κ1) is 28.9. The number of fused-ring (bicyclic) bond motifs is 1. The third kappa shape index (κ3) is 7.12. The number of methoxy groups -OCH3 is 1. The molecule has 0 spiro atoms. The normalized spacial score (nSPS) is 11.0. The lowest BCUT2D eigenvalue weighted by Crippen LogP contribution is -2.31. The van der Waals surface area contributed by atoms with E-state index in [9.17, 15) is 4.79 Å². The third-order valence-corrected chi connectivity index (χ3v) is 7.04. The van der Waals surface area contributed by atoms with Gasteiger partial charge in [-0.3, -0.25) is 9.69 Å².